The number of nitrogens with one attached hydrogen (secondary N) is 1. The minimum atomic E-state index is 0.162. The van der Waals surface area contributed by atoms with Gasteiger partial charge >= 0.3 is 0 Å². The molecule has 4 nitrogen and oxygen atoms in total. The van der Waals surface area contributed by atoms with E-state index in [9.17, 15) is 0 Å². The molecule has 1 N–H and O–H groups in total. The van der Waals surface area contributed by atoms with Crippen molar-refractivity contribution in [2.24, 2.45) is 0 Å². The third kappa shape index (κ3) is 4.60. The molecule has 0 spiro atoms. The number of hydrogen-bond acceptors (Lipinski definition) is 4. The highest BCUT2D eigenvalue weighted by atomic mass is 16.5. The molecule has 0 saturated carbocycles. The van der Waals surface area contributed by atoms with E-state index in [1.54, 1.807) is 0 Å². The maximum absolute atomic E-state index is 5.94. The Hall–Kier alpha value is -1.29. The normalized spacial score (nSPS) is 19.0. The molecule has 0 radical (unpaired) electrons. The first-order valence-electron chi connectivity index (χ1n) is 8.19. The lowest BCUT2D eigenvalue weighted by atomic mass is 10.0. The highest BCUT2D eigenvalue weighted by Crippen LogP contribution is 2.28. The summed E-state index contributed by atoms with van der Waals surface area (Å²) in [4.78, 5) is 6.95. The van der Waals surface area contributed by atoms with Crippen LogP contribution >= 0.6 is 0 Å². The predicted molar refractivity (Wildman–Crippen MR) is 88.1 cm³/mol. The number of piperidine rings is 1. The molecular weight excluding hydrogens is 262 g/mol. The Balaban J connectivity index is 2.17. The van der Waals surface area contributed by atoms with Crippen molar-refractivity contribution in [1.82, 2.24) is 10.3 Å². The largest absolute Gasteiger partial charge is 0.487 e. The van der Waals surface area contributed by atoms with Crippen LogP contribution in [0.1, 0.15) is 47.0 Å². The van der Waals surface area contributed by atoms with Crippen LogP contribution in [-0.4, -0.2) is 36.3 Å². The third-order valence-electron chi connectivity index (χ3n) is 3.84. The van der Waals surface area contributed by atoms with Gasteiger partial charge in [0.1, 0.15) is 0 Å². The van der Waals surface area contributed by atoms with E-state index in [0.717, 1.165) is 24.7 Å². The second-order valence-electron chi connectivity index (χ2n) is 6.38. The van der Waals surface area contributed by atoms with Gasteiger partial charge in [-0.2, -0.15) is 0 Å². The molecule has 1 aromatic heterocycles. The Morgan fingerprint density at radius 2 is 2.14 bits per heavy atom. The van der Waals surface area contributed by atoms with E-state index in [4.69, 9.17) is 4.74 Å². The highest BCUT2D eigenvalue weighted by molar-refractivity contribution is 5.53. The number of ether oxygens (including phenoxy) is 1. The standard InChI is InChI=1S/C17H29N3O/c1-13(2)20(12-15-8-5-6-10-18-15)17-16(21-14(3)4)9-7-11-19-17/h7,9,11,13-15,18H,5-6,8,10,12H2,1-4H3. The Labute approximate surface area is 128 Å². The molecule has 0 aromatic carbocycles. The summed E-state index contributed by atoms with van der Waals surface area (Å²) < 4.78 is 5.94. The van der Waals surface area contributed by atoms with Crippen molar-refractivity contribution in [2.45, 2.75) is 65.1 Å². The zero-order valence-corrected chi connectivity index (χ0v) is 13.8. The molecule has 2 rings (SSSR count). The van der Waals surface area contributed by atoms with Gasteiger partial charge in [0, 0.05) is 24.8 Å². The van der Waals surface area contributed by atoms with Crippen LogP contribution in [0.3, 0.4) is 0 Å². The molecule has 1 unspecified atom stereocenters. The smallest absolute Gasteiger partial charge is 0.171 e. The monoisotopic (exact) mass is 291 g/mol. The second-order valence-corrected chi connectivity index (χ2v) is 6.38. The number of anilines is 1. The fourth-order valence-corrected chi connectivity index (χ4v) is 2.80. The molecule has 118 valence electrons. The molecule has 1 aliphatic heterocycles. The van der Waals surface area contributed by atoms with E-state index < -0.39 is 0 Å². The van der Waals surface area contributed by atoms with Crippen LogP contribution in [0, 0.1) is 0 Å². The van der Waals surface area contributed by atoms with Crippen LogP contribution in [-0.2, 0) is 0 Å². The molecule has 1 aliphatic rings. The summed E-state index contributed by atoms with van der Waals surface area (Å²) in [7, 11) is 0. The first-order chi connectivity index (χ1) is 10.1. The van der Waals surface area contributed by atoms with Gasteiger partial charge in [0.15, 0.2) is 11.6 Å². The van der Waals surface area contributed by atoms with Crippen molar-refractivity contribution >= 4 is 5.82 Å². The van der Waals surface area contributed by atoms with E-state index in [1.807, 2.05) is 18.3 Å². The number of aromatic nitrogens is 1. The van der Waals surface area contributed by atoms with E-state index >= 15 is 0 Å². The van der Waals surface area contributed by atoms with Gasteiger partial charge in [-0.15, -0.1) is 0 Å². The summed E-state index contributed by atoms with van der Waals surface area (Å²) >= 11 is 0. The van der Waals surface area contributed by atoms with E-state index in [0.29, 0.717) is 12.1 Å². The minimum Gasteiger partial charge on any atom is -0.487 e. The fourth-order valence-electron chi connectivity index (χ4n) is 2.80. The van der Waals surface area contributed by atoms with E-state index in [1.165, 1.54) is 19.3 Å². The molecule has 0 aliphatic carbocycles. The number of nitrogens with zero attached hydrogens (tertiary/aromatic N) is 2. The van der Waals surface area contributed by atoms with Crippen molar-refractivity contribution in [3.63, 3.8) is 0 Å². The Morgan fingerprint density at radius 1 is 1.33 bits per heavy atom. The molecule has 0 amide bonds. The lowest BCUT2D eigenvalue weighted by Crippen LogP contribution is -2.46. The molecule has 4 heteroatoms. The van der Waals surface area contributed by atoms with Crippen LogP contribution in [0.4, 0.5) is 5.82 Å². The Morgan fingerprint density at radius 3 is 2.76 bits per heavy atom. The van der Waals surface area contributed by atoms with Gasteiger partial charge in [-0.1, -0.05) is 6.42 Å². The number of hydrogen-bond donors (Lipinski definition) is 1. The summed E-state index contributed by atoms with van der Waals surface area (Å²) in [5.74, 6) is 1.85. The number of pyridine rings is 1. The zero-order chi connectivity index (χ0) is 15.2. The molecule has 1 fully saturated rings. The second kappa shape index (κ2) is 7.64. The fraction of sp³-hybridized carbons (Fsp3) is 0.706. The lowest BCUT2D eigenvalue weighted by Gasteiger charge is -2.35. The molecule has 1 aromatic rings. The molecule has 1 saturated heterocycles. The predicted octanol–water partition coefficient (Wildman–Crippen LogP) is 3.23. The molecule has 1 atom stereocenters. The first kappa shape index (κ1) is 16.1. The third-order valence-corrected chi connectivity index (χ3v) is 3.84. The minimum absolute atomic E-state index is 0.162. The maximum atomic E-state index is 5.94. The summed E-state index contributed by atoms with van der Waals surface area (Å²) in [6.45, 7) is 10.7. The SMILES string of the molecule is CC(C)Oc1cccnc1N(CC1CCCCN1)C(C)C. The Kier molecular flexibility index (Phi) is 5.85. The van der Waals surface area contributed by atoms with Gasteiger partial charge in [-0.25, -0.2) is 4.98 Å². The van der Waals surface area contributed by atoms with Crippen LogP contribution < -0.4 is 15.0 Å². The molecule has 0 bridgehead atoms. The van der Waals surface area contributed by atoms with Gasteiger partial charge in [0.05, 0.1) is 6.10 Å². The zero-order valence-electron chi connectivity index (χ0n) is 13.8. The van der Waals surface area contributed by atoms with Crippen LogP contribution in [0.15, 0.2) is 18.3 Å². The molecule has 2 heterocycles. The van der Waals surface area contributed by atoms with E-state index in [2.05, 4.69) is 42.9 Å². The van der Waals surface area contributed by atoms with Crippen LogP contribution in [0.25, 0.3) is 0 Å². The summed E-state index contributed by atoms with van der Waals surface area (Å²) in [6.07, 6.45) is 5.88. The Bertz CT molecular complexity index is 428. The van der Waals surface area contributed by atoms with Crippen molar-refractivity contribution in [3.8, 4) is 5.75 Å². The van der Waals surface area contributed by atoms with E-state index in [-0.39, 0.29) is 6.10 Å². The van der Waals surface area contributed by atoms with Gasteiger partial charge < -0.3 is 15.0 Å². The van der Waals surface area contributed by atoms with Crippen molar-refractivity contribution < 1.29 is 4.74 Å². The summed E-state index contributed by atoms with van der Waals surface area (Å²) in [5, 5.41) is 3.62. The van der Waals surface area contributed by atoms with Crippen LogP contribution in [0.5, 0.6) is 5.75 Å². The summed E-state index contributed by atoms with van der Waals surface area (Å²) in [5.41, 5.74) is 0. The topological polar surface area (TPSA) is 37.4 Å². The molecular formula is C17H29N3O. The highest BCUT2D eigenvalue weighted by Gasteiger charge is 2.22. The quantitative estimate of drug-likeness (QED) is 0.873. The van der Waals surface area contributed by atoms with Crippen molar-refractivity contribution in [3.05, 3.63) is 18.3 Å². The van der Waals surface area contributed by atoms with Crippen molar-refractivity contribution in [1.29, 1.82) is 0 Å². The average Bonchev–Trinajstić information content (AvgIpc) is 2.46. The van der Waals surface area contributed by atoms with Crippen LogP contribution in [0.2, 0.25) is 0 Å². The maximum Gasteiger partial charge on any atom is 0.171 e. The lowest BCUT2D eigenvalue weighted by molar-refractivity contribution is 0.241. The number of rotatable bonds is 6. The summed E-state index contributed by atoms with van der Waals surface area (Å²) in [6, 6.07) is 4.91. The van der Waals surface area contributed by atoms with Gasteiger partial charge in [0.25, 0.3) is 0 Å². The van der Waals surface area contributed by atoms with Gasteiger partial charge in [-0.3, -0.25) is 0 Å². The molecule has 21 heavy (non-hydrogen) atoms. The average molecular weight is 291 g/mol. The van der Waals surface area contributed by atoms with Gasteiger partial charge in [-0.05, 0) is 59.2 Å². The van der Waals surface area contributed by atoms with Gasteiger partial charge in [0.2, 0.25) is 0 Å². The first-order valence-corrected chi connectivity index (χ1v) is 8.19. The van der Waals surface area contributed by atoms with Crippen molar-refractivity contribution in [2.75, 3.05) is 18.0 Å².